The molecule has 4 rings (SSSR count). The number of nitrogens with one attached hydrogen (secondary N) is 1. The number of rotatable bonds is 9. The lowest BCUT2D eigenvalue weighted by Crippen LogP contribution is -2.17. The smallest absolute Gasteiger partial charge is 0.271 e. The molecule has 1 amide bonds. The molecule has 1 heterocycles. The number of amides is 1. The Kier molecular flexibility index (Phi) is 8.29. The van der Waals surface area contributed by atoms with E-state index in [1.165, 1.54) is 6.21 Å². The molecule has 186 valence electrons. The summed E-state index contributed by atoms with van der Waals surface area (Å²) in [5.41, 5.74) is 7.94. The van der Waals surface area contributed by atoms with E-state index in [1.807, 2.05) is 37.3 Å². The fraction of sp³-hybridized carbons (Fsp3) is 0.133. The van der Waals surface area contributed by atoms with Gasteiger partial charge in [0, 0.05) is 16.9 Å². The van der Waals surface area contributed by atoms with Crippen LogP contribution in [-0.2, 0) is 0 Å². The number of aromatic nitrogens is 1. The molecule has 0 aliphatic carbocycles. The first-order valence-electron chi connectivity index (χ1n) is 11.7. The number of nitrogens with zero attached hydrogens (tertiary/aromatic N) is 2. The summed E-state index contributed by atoms with van der Waals surface area (Å²) < 4.78 is 13.3. The quantitative estimate of drug-likeness (QED) is 0.163. The van der Waals surface area contributed by atoms with E-state index in [0.717, 1.165) is 22.6 Å². The third-order valence-electron chi connectivity index (χ3n) is 5.54. The highest BCUT2D eigenvalue weighted by molar-refractivity contribution is 6.32. The molecule has 37 heavy (non-hydrogen) atoms. The largest absolute Gasteiger partial charge is 0.490 e. The van der Waals surface area contributed by atoms with Gasteiger partial charge in [-0.15, -0.1) is 6.42 Å². The van der Waals surface area contributed by atoms with Crippen molar-refractivity contribution in [1.82, 2.24) is 9.99 Å². The lowest BCUT2D eigenvalue weighted by atomic mass is 10.1. The van der Waals surface area contributed by atoms with Crippen molar-refractivity contribution in [3.8, 4) is 40.8 Å². The molecular formula is C30H26ClN3O3. The second kappa shape index (κ2) is 12.0. The highest BCUT2D eigenvalue weighted by Gasteiger charge is 2.13. The van der Waals surface area contributed by atoms with Gasteiger partial charge in [-0.25, -0.2) is 5.43 Å². The van der Waals surface area contributed by atoms with Crippen molar-refractivity contribution >= 4 is 23.7 Å². The van der Waals surface area contributed by atoms with E-state index in [0.29, 0.717) is 34.3 Å². The molecule has 0 aliphatic rings. The molecular weight excluding hydrogens is 486 g/mol. The number of carbonyl (C=O) groups is 1. The molecule has 0 saturated carbocycles. The van der Waals surface area contributed by atoms with Gasteiger partial charge in [0.25, 0.3) is 5.91 Å². The minimum Gasteiger partial charge on any atom is -0.490 e. The van der Waals surface area contributed by atoms with Crippen LogP contribution in [0.15, 0.2) is 84.0 Å². The van der Waals surface area contributed by atoms with Gasteiger partial charge >= 0.3 is 0 Å². The number of benzene rings is 3. The third kappa shape index (κ3) is 6.03. The molecule has 6 nitrogen and oxygen atoms in total. The Balaban J connectivity index is 1.47. The van der Waals surface area contributed by atoms with E-state index in [1.54, 1.807) is 24.3 Å². The van der Waals surface area contributed by atoms with Crippen molar-refractivity contribution in [3.63, 3.8) is 0 Å². The van der Waals surface area contributed by atoms with E-state index in [2.05, 4.69) is 52.2 Å². The van der Waals surface area contributed by atoms with Crippen molar-refractivity contribution in [2.24, 2.45) is 5.10 Å². The van der Waals surface area contributed by atoms with E-state index in [-0.39, 0.29) is 12.5 Å². The number of carbonyl (C=O) groups excluding carboxylic acids is 1. The normalized spacial score (nSPS) is 10.8. The summed E-state index contributed by atoms with van der Waals surface area (Å²) in [5, 5.41) is 4.41. The summed E-state index contributed by atoms with van der Waals surface area (Å²) in [6.45, 7) is 4.40. The molecule has 3 aromatic carbocycles. The zero-order chi connectivity index (χ0) is 26.2. The first-order chi connectivity index (χ1) is 18.0. The summed E-state index contributed by atoms with van der Waals surface area (Å²) in [6.07, 6.45) is 6.76. The fourth-order valence-corrected chi connectivity index (χ4v) is 4.16. The van der Waals surface area contributed by atoms with Gasteiger partial charge in [0.15, 0.2) is 11.5 Å². The zero-order valence-electron chi connectivity index (χ0n) is 20.6. The number of halogens is 1. The highest BCUT2D eigenvalue weighted by atomic mass is 35.5. The molecule has 4 aromatic rings. The van der Waals surface area contributed by atoms with Crippen LogP contribution in [0.5, 0.6) is 11.5 Å². The molecule has 0 aliphatic heterocycles. The second-order valence-corrected chi connectivity index (χ2v) is 8.47. The van der Waals surface area contributed by atoms with Gasteiger partial charge in [-0.1, -0.05) is 47.9 Å². The standard InChI is InChI=1S/C30H26ClN3O3/c1-4-17-37-29-26(31)18-22(19-28(29)36-5-2)20-32-33-30(35)24-12-14-25(15-13-24)34-21(3)11-16-27(34)23-9-7-6-8-10-23/h1,6-16,18-20H,5,17H2,2-3H3,(H,33,35)/b32-20+. The fourth-order valence-electron chi connectivity index (χ4n) is 3.89. The maximum absolute atomic E-state index is 12.7. The monoisotopic (exact) mass is 511 g/mol. The Morgan fingerprint density at radius 1 is 1.08 bits per heavy atom. The molecule has 0 unspecified atom stereocenters. The van der Waals surface area contributed by atoms with Crippen LogP contribution in [0.3, 0.4) is 0 Å². The second-order valence-electron chi connectivity index (χ2n) is 8.06. The van der Waals surface area contributed by atoms with Crippen LogP contribution in [-0.4, -0.2) is 29.9 Å². The molecule has 0 radical (unpaired) electrons. The highest BCUT2D eigenvalue weighted by Crippen LogP contribution is 2.36. The number of aryl methyl sites for hydroxylation is 1. The van der Waals surface area contributed by atoms with Crippen LogP contribution in [0.4, 0.5) is 0 Å². The summed E-state index contributed by atoms with van der Waals surface area (Å²) >= 11 is 6.34. The number of ether oxygens (including phenoxy) is 2. The number of hydrazone groups is 1. The third-order valence-corrected chi connectivity index (χ3v) is 5.83. The minimum absolute atomic E-state index is 0.0690. The predicted molar refractivity (Wildman–Crippen MR) is 148 cm³/mol. The van der Waals surface area contributed by atoms with Crippen molar-refractivity contribution in [2.75, 3.05) is 13.2 Å². The summed E-state index contributed by atoms with van der Waals surface area (Å²) in [6, 6.07) is 25.1. The average molecular weight is 512 g/mol. The first kappa shape index (κ1) is 25.6. The minimum atomic E-state index is -0.333. The average Bonchev–Trinajstić information content (AvgIpc) is 3.30. The van der Waals surface area contributed by atoms with Crippen LogP contribution >= 0.6 is 11.6 Å². The Bertz CT molecular complexity index is 1450. The van der Waals surface area contributed by atoms with Gasteiger partial charge in [-0.2, -0.15) is 5.10 Å². The van der Waals surface area contributed by atoms with Crippen molar-refractivity contribution in [3.05, 3.63) is 101 Å². The van der Waals surface area contributed by atoms with Crippen molar-refractivity contribution in [2.45, 2.75) is 13.8 Å². The van der Waals surface area contributed by atoms with Crippen molar-refractivity contribution < 1.29 is 14.3 Å². The van der Waals surface area contributed by atoms with Crippen molar-refractivity contribution in [1.29, 1.82) is 0 Å². The van der Waals surface area contributed by atoms with E-state index in [4.69, 9.17) is 27.5 Å². The van der Waals surface area contributed by atoms with E-state index >= 15 is 0 Å². The predicted octanol–water partition coefficient (Wildman–Crippen LogP) is 6.28. The first-order valence-corrected chi connectivity index (χ1v) is 12.1. The molecule has 1 aromatic heterocycles. The van der Waals surface area contributed by atoms with Crippen LogP contribution in [0.25, 0.3) is 16.9 Å². The maximum atomic E-state index is 12.7. The number of hydrogen-bond acceptors (Lipinski definition) is 4. The van der Waals surface area contributed by atoms with Gasteiger partial charge in [-0.05, 0) is 73.5 Å². The van der Waals surface area contributed by atoms with Gasteiger partial charge in [0.05, 0.1) is 23.5 Å². The molecule has 7 heteroatoms. The van der Waals surface area contributed by atoms with E-state index in [9.17, 15) is 4.79 Å². The zero-order valence-corrected chi connectivity index (χ0v) is 21.3. The maximum Gasteiger partial charge on any atom is 0.271 e. The summed E-state index contributed by atoms with van der Waals surface area (Å²) in [7, 11) is 0. The van der Waals surface area contributed by atoms with E-state index < -0.39 is 0 Å². The van der Waals surface area contributed by atoms with Crippen LogP contribution in [0, 0.1) is 19.3 Å². The topological polar surface area (TPSA) is 64.8 Å². The summed E-state index contributed by atoms with van der Waals surface area (Å²) in [4.78, 5) is 12.7. The molecule has 0 bridgehead atoms. The Morgan fingerprint density at radius 3 is 2.54 bits per heavy atom. The molecule has 1 N–H and O–H groups in total. The number of terminal acetylenes is 1. The van der Waals surface area contributed by atoms with Gasteiger partial charge < -0.3 is 14.0 Å². The Labute approximate surface area is 221 Å². The molecule has 0 saturated heterocycles. The molecule has 0 fully saturated rings. The van der Waals surface area contributed by atoms with Crippen LogP contribution in [0.1, 0.15) is 28.5 Å². The molecule has 0 spiro atoms. The van der Waals surface area contributed by atoms with Gasteiger partial charge in [-0.3, -0.25) is 4.79 Å². The van der Waals surface area contributed by atoms with Gasteiger partial charge in [0.2, 0.25) is 0 Å². The van der Waals surface area contributed by atoms with Crippen LogP contribution < -0.4 is 14.9 Å². The molecule has 0 atom stereocenters. The lowest BCUT2D eigenvalue weighted by Gasteiger charge is -2.13. The Morgan fingerprint density at radius 2 is 1.84 bits per heavy atom. The number of hydrogen-bond donors (Lipinski definition) is 1. The Hall–Kier alpha value is -4.47. The summed E-state index contributed by atoms with van der Waals surface area (Å²) in [5.74, 6) is 2.89. The SMILES string of the molecule is C#CCOc1c(Cl)cc(/C=N/NC(=O)c2ccc(-n3c(C)ccc3-c3ccccc3)cc2)cc1OCC. The lowest BCUT2D eigenvalue weighted by molar-refractivity contribution is 0.0955. The van der Waals surface area contributed by atoms with Gasteiger partial charge in [0.1, 0.15) is 6.61 Å². The van der Waals surface area contributed by atoms with Crippen LogP contribution in [0.2, 0.25) is 5.02 Å².